The minimum Gasteiger partial charge on any atom is -0.355 e. The number of carbonyl (C=O) groups excluding carboxylic acids is 2. The predicted octanol–water partition coefficient (Wildman–Crippen LogP) is 1.83. The normalized spacial score (nSPS) is 11.0. The summed E-state index contributed by atoms with van der Waals surface area (Å²) in [5.74, 6) is 0.526. The maximum Gasteiger partial charge on any atom is 0.240 e. The molecule has 23 heavy (non-hydrogen) atoms. The third-order valence-corrected chi connectivity index (χ3v) is 3.55. The molecule has 124 valence electrons. The van der Waals surface area contributed by atoms with Crippen molar-refractivity contribution in [3.05, 3.63) is 30.1 Å². The average Bonchev–Trinajstić information content (AvgIpc) is 2.88. The number of fused-ring (bicyclic) bond motifs is 1. The second kappa shape index (κ2) is 7.76. The van der Waals surface area contributed by atoms with Crippen LogP contribution in [0.3, 0.4) is 0 Å². The number of rotatable bonds is 7. The van der Waals surface area contributed by atoms with E-state index >= 15 is 0 Å². The molecule has 0 saturated carbocycles. The number of benzene rings is 1. The molecule has 2 amide bonds. The predicted molar refractivity (Wildman–Crippen MR) is 89.7 cm³/mol. The number of nitrogens with one attached hydrogen (secondary N) is 2. The second-order valence-corrected chi connectivity index (χ2v) is 5.83. The van der Waals surface area contributed by atoms with Crippen molar-refractivity contribution < 1.29 is 9.59 Å². The molecule has 1 heterocycles. The monoisotopic (exact) mass is 316 g/mol. The van der Waals surface area contributed by atoms with Crippen molar-refractivity contribution in [2.75, 3.05) is 6.54 Å². The Hall–Kier alpha value is -2.37. The van der Waals surface area contributed by atoms with Crippen molar-refractivity contribution >= 4 is 22.8 Å². The van der Waals surface area contributed by atoms with Gasteiger partial charge in [-0.25, -0.2) is 4.98 Å². The summed E-state index contributed by atoms with van der Waals surface area (Å²) < 4.78 is 1.86. The van der Waals surface area contributed by atoms with Crippen molar-refractivity contribution in [2.24, 2.45) is 5.92 Å². The van der Waals surface area contributed by atoms with Crippen LogP contribution < -0.4 is 10.6 Å². The van der Waals surface area contributed by atoms with Gasteiger partial charge in [0.1, 0.15) is 12.4 Å². The molecule has 1 aromatic carbocycles. The summed E-state index contributed by atoms with van der Waals surface area (Å²) >= 11 is 0. The van der Waals surface area contributed by atoms with E-state index in [0.717, 1.165) is 17.5 Å². The van der Waals surface area contributed by atoms with Gasteiger partial charge in [-0.1, -0.05) is 32.9 Å². The molecule has 2 rings (SSSR count). The highest BCUT2D eigenvalue weighted by molar-refractivity contribution is 5.81. The molecule has 0 radical (unpaired) electrons. The Bertz CT molecular complexity index is 691. The SMILES string of the molecule is CCCNC(=O)Cn1c(CNC(=O)C(C)C)nc2ccccc21. The smallest absolute Gasteiger partial charge is 0.240 e. The number of aromatic nitrogens is 2. The minimum absolute atomic E-state index is 0.0287. The molecule has 0 aliphatic heterocycles. The summed E-state index contributed by atoms with van der Waals surface area (Å²) in [6, 6.07) is 7.67. The van der Waals surface area contributed by atoms with E-state index in [1.807, 2.05) is 49.6 Å². The molecule has 6 nitrogen and oxygen atoms in total. The molecular weight excluding hydrogens is 292 g/mol. The fourth-order valence-corrected chi connectivity index (χ4v) is 2.27. The molecule has 0 atom stereocenters. The third-order valence-electron chi connectivity index (χ3n) is 3.55. The van der Waals surface area contributed by atoms with E-state index in [2.05, 4.69) is 15.6 Å². The maximum atomic E-state index is 12.1. The summed E-state index contributed by atoms with van der Waals surface area (Å²) in [7, 11) is 0. The van der Waals surface area contributed by atoms with Crippen LogP contribution in [0.2, 0.25) is 0 Å². The number of carbonyl (C=O) groups is 2. The largest absolute Gasteiger partial charge is 0.355 e. The van der Waals surface area contributed by atoms with Crippen molar-refractivity contribution in [1.82, 2.24) is 20.2 Å². The highest BCUT2D eigenvalue weighted by Gasteiger charge is 2.15. The first-order valence-electron chi connectivity index (χ1n) is 8.01. The lowest BCUT2D eigenvalue weighted by molar-refractivity contribution is -0.124. The molecule has 0 aliphatic rings. The Balaban J connectivity index is 2.22. The van der Waals surface area contributed by atoms with Gasteiger partial charge in [-0.3, -0.25) is 9.59 Å². The van der Waals surface area contributed by atoms with Crippen LogP contribution in [0.5, 0.6) is 0 Å². The lowest BCUT2D eigenvalue weighted by Crippen LogP contribution is -2.31. The molecular formula is C17H24N4O2. The van der Waals surface area contributed by atoms with Crippen LogP contribution >= 0.6 is 0 Å². The van der Waals surface area contributed by atoms with Crippen LogP contribution in [-0.2, 0) is 22.7 Å². The van der Waals surface area contributed by atoms with E-state index in [4.69, 9.17) is 0 Å². The van der Waals surface area contributed by atoms with Gasteiger partial charge in [-0.15, -0.1) is 0 Å². The van der Waals surface area contributed by atoms with E-state index in [-0.39, 0.29) is 24.3 Å². The molecule has 1 aromatic heterocycles. The first kappa shape index (κ1) is 17.0. The van der Waals surface area contributed by atoms with Crippen LogP contribution in [0, 0.1) is 5.92 Å². The van der Waals surface area contributed by atoms with Crippen LogP contribution in [0.25, 0.3) is 11.0 Å². The molecule has 0 unspecified atom stereocenters. The lowest BCUT2D eigenvalue weighted by atomic mass is 10.2. The van der Waals surface area contributed by atoms with Gasteiger partial charge in [0.25, 0.3) is 0 Å². The Morgan fingerprint density at radius 3 is 2.65 bits per heavy atom. The number of imidazole rings is 1. The Labute approximate surface area is 136 Å². The fraction of sp³-hybridized carbons (Fsp3) is 0.471. The Kier molecular flexibility index (Phi) is 5.73. The number of nitrogens with zero attached hydrogens (tertiary/aromatic N) is 2. The Morgan fingerprint density at radius 1 is 1.22 bits per heavy atom. The first-order chi connectivity index (χ1) is 11.0. The maximum absolute atomic E-state index is 12.1. The molecule has 0 aliphatic carbocycles. The molecule has 2 aromatic rings. The summed E-state index contributed by atoms with van der Waals surface area (Å²) in [5, 5.41) is 5.73. The highest BCUT2D eigenvalue weighted by Crippen LogP contribution is 2.16. The van der Waals surface area contributed by atoms with Crippen molar-refractivity contribution in [2.45, 2.75) is 40.3 Å². The fourth-order valence-electron chi connectivity index (χ4n) is 2.27. The number of hydrogen-bond acceptors (Lipinski definition) is 3. The van der Waals surface area contributed by atoms with Crippen LogP contribution in [0.15, 0.2) is 24.3 Å². The molecule has 0 fully saturated rings. The lowest BCUT2D eigenvalue weighted by Gasteiger charge is -2.11. The van der Waals surface area contributed by atoms with Gasteiger partial charge in [0.15, 0.2) is 0 Å². The van der Waals surface area contributed by atoms with Gasteiger partial charge in [0.2, 0.25) is 11.8 Å². The summed E-state index contributed by atoms with van der Waals surface area (Å²) in [6.45, 7) is 6.87. The standard InChI is InChI=1S/C17H24N4O2/c1-4-9-18-16(22)11-21-14-8-6-5-7-13(14)20-15(21)10-19-17(23)12(2)3/h5-8,12H,4,9-11H2,1-3H3,(H,18,22)(H,19,23). The zero-order valence-corrected chi connectivity index (χ0v) is 13.9. The van der Waals surface area contributed by atoms with E-state index in [0.29, 0.717) is 18.9 Å². The van der Waals surface area contributed by atoms with Gasteiger partial charge in [0, 0.05) is 12.5 Å². The molecule has 0 saturated heterocycles. The topological polar surface area (TPSA) is 76.0 Å². The van der Waals surface area contributed by atoms with Crippen molar-refractivity contribution in [1.29, 1.82) is 0 Å². The molecule has 2 N–H and O–H groups in total. The van der Waals surface area contributed by atoms with E-state index in [1.165, 1.54) is 0 Å². The number of para-hydroxylation sites is 2. The van der Waals surface area contributed by atoms with Gasteiger partial charge in [0.05, 0.1) is 17.6 Å². The zero-order valence-electron chi connectivity index (χ0n) is 13.9. The first-order valence-corrected chi connectivity index (χ1v) is 8.01. The molecule has 6 heteroatoms. The molecule has 0 bridgehead atoms. The van der Waals surface area contributed by atoms with E-state index < -0.39 is 0 Å². The second-order valence-electron chi connectivity index (χ2n) is 5.83. The molecule has 0 spiro atoms. The third kappa shape index (κ3) is 4.31. The number of amides is 2. The van der Waals surface area contributed by atoms with Gasteiger partial charge in [-0.2, -0.15) is 0 Å². The van der Waals surface area contributed by atoms with Gasteiger partial charge < -0.3 is 15.2 Å². The summed E-state index contributed by atoms with van der Waals surface area (Å²) in [4.78, 5) is 28.4. The van der Waals surface area contributed by atoms with Gasteiger partial charge in [-0.05, 0) is 18.6 Å². The van der Waals surface area contributed by atoms with E-state index in [9.17, 15) is 9.59 Å². The number of hydrogen-bond donors (Lipinski definition) is 2. The average molecular weight is 316 g/mol. The van der Waals surface area contributed by atoms with Crippen molar-refractivity contribution in [3.8, 4) is 0 Å². The summed E-state index contributed by atoms with van der Waals surface area (Å²) in [5.41, 5.74) is 1.72. The van der Waals surface area contributed by atoms with Crippen molar-refractivity contribution in [3.63, 3.8) is 0 Å². The van der Waals surface area contributed by atoms with E-state index in [1.54, 1.807) is 0 Å². The quantitative estimate of drug-likeness (QED) is 0.818. The van der Waals surface area contributed by atoms with Crippen LogP contribution in [-0.4, -0.2) is 27.9 Å². The van der Waals surface area contributed by atoms with Gasteiger partial charge >= 0.3 is 0 Å². The zero-order chi connectivity index (χ0) is 16.8. The highest BCUT2D eigenvalue weighted by atomic mass is 16.2. The Morgan fingerprint density at radius 2 is 1.96 bits per heavy atom. The summed E-state index contributed by atoms with van der Waals surface area (Å²) in [6.07, 6.45) is 0.897. The van der Waals surface area contributed by atoms with Crippen LogP contribution in [0.4, 0.5) is 0 Å². The van der Waals surface area contributed by atoms with Crippen LogP contribution in [0.1, 0.15) is 33.0 Å². The minimum atomic E-state index is -0.0827.